The van der Waals surface area contributed by atoms with Gasteiger partial charge in [-0.1, -0.05) is 34.1 Å². The topological polar surface area (TPSA) is 149 Å². The van der Waals surface area contributed by atoms with Gasteiger partial charge in [0, 0.05) is 18.8 Å². The largest absolute Gasteiger partial charge is 0.494 e. The third kappa shape index (κ3) is 8.37. The molecule has 2 rings (SSSR count). The molecule has 3 unspecified atom stereocenters. The average Bonchev–Trinajstić information content (AvgIpc) is 2.85. The second-order valence-electron chi connectivity index (χ2n) is 9.51. The Hall–Kier alpha value is -2.89. The molecule has 0 saturated carbocycles. The molecule has 0 radical (unpaired) electrons. The molecule has 3 amide bonds. The monoisotopic (exact) mass is 494 g/mol. The second-order valence-corrected chi connectivity index (χ2v) is 9.51. The average molecular weight is 495 g/mol. The summed E-state index contributed by atoms with van der Waals surface area (Å²) < 4.78 is 10.9. The molecule has 11 nitrogen and oxygen atoms in total. The van der Waals surface area contributed by atoms with Crippen molar-refractivity contribution in [3.63, 3.8) is 0 Å². The van der Waals surface area contributed by atoms with Crippen molar-refractivity contribution in [1.29, 1.82) is 0 Å². The van der Waals surface area contributed by atoms with Crippen LogP contribution >= 0.6 is 0 Å². The molecule has 1 aliphatic rings. The minimum Gasteiger partial charge on any atom is -0.494 e. The number of carbonyl (C=O) groups is 3. The van der Waals surface area contributed by atoms with E-state index < -0.39 is 35.4 Å². The molecular formula is C24H38N4O7. The number of benzene rings is 1. The van der Waals surface area contributed by atoms with Gasteiger partial charge >= 0.3 is 0 Å². The molecule has 1 aliphatic heterocycles. The van der Waals surface area contributed by atoms with Gasteiger partial charge in [0.1, 0.15) is 17.8 Å². The first-order valence-corrected chi connectivity index (χ1v) is 11.9. The van der Waals surface area contributed by atoms with E-state index in [9.17, 15) is 19.5 Å². The van der Waals surface area contributed by atoms with Crippen molar-refractivity contribution < 1.29 is 34.2 Å². The molecule has 1 saturated heterocycles. The molecule has 1 aromatic carbocycles. The van der Waals surface area contributed by atoms with Crippen molar-refractivity contribution in [2.45, 2.75) is 58.7 Å². The molecule has 0 aromatic heterocycles. The van der Waals surface area contributed by atoms with Gasteiger partial charge in [0.2, 0.25) is 11.8 Å². The van der Waals surface area contributed by atoms with Crippen LogP contribution in [0.4, 0.5) is 5.69 Å². The van der Waals surface area contributed by atoms with Gasteiger partial charge in [0.15, 0.2) is 6.10 Å². The lowest BCUT2D eigenvalue weighted by Gasteiger charge is -2.37. The normalized spacial score (nSPS) is 16.6. The summed E-state index contributed by atoms with van der Waals surface area (Å²) in [5.74, 6) is -1.57. The van der Waals surface area contributed by atoms with Gasteiger partial charge in [-0.05, 0) is 36.1 Å². The Morgan fingerprint density at radius 1 is 1.11 bits per heavy atom. The van der Waals surface area contributed by atoms with Crippen LogP contribution < -0.4 is 20.9 Å². The summed E-state index contributed by atoms with van der Waals surface area (Å²) in [4.78, 5) is 40.1. The van der Waals surface area contributed by atoms with E-state index in [1.807, 2.05) is 20.8 Å². The number of aliphatic hydroxyl groups is 1. The second kappa shape index (κ2) is 13.3. The number of hydroxylamine groups is 1. The van der Waals surface area contributed by atoms with Gasteiger partial charge in [-0.2, -0.15) is 0 Å². The fourth-order valence-corrected chi connectivity index (χ4v) is 3.51. The number of carbonyl (C=O) groups excluding carboxylic acids is 3. The number of unbranched alkanes of at least 4 members (excludes halogenated alkanes) is 1. The number of nitrogens with one attached hydrogen (secondary N) is 3. The van der Waals surface area contributed by atoms with Gasteiger partial charge < -0.3 is 30.1 Å². The number of nitrogens with zero attached hydrogens (tertiary/aromatic N) is 1. The molecular weight excluding hydrogens is 456 g/mol. The predicted octanol–water partition coefficient (Wildman–Crippen LogP) is 0.902. The summed E-state index contributed by atoms with van der Waals surface area (Å²) in [7, 11) is 0. The van der Waals surface area contributed by atoms with Crippen molar-refractivity contribution in [2.75, 3.05) is 38.2 Å². The van der Waals surface area contributed by atoms with Crippen LogP contribution in [-0.4, -0.2) is 84.0 Å². The molecule has 1 heterocycles. The number of ether oxygens (including phenoxy) is 2. The SMILES string of the molecule is CCCCOc1ccc(NC(C(=O)NC(C(=O)N2CCOCC2)C(C)(C)C)C(O)C(=O)NO)cc1. The maximum atomic E-state index is 13.3. The molecule has 0 spiro atoms. The van der Waals surface area contributed by atoms with E-state index in [0.29, 0.717) is 44.3 Å². The smallest absolute Gasteiger partial charge is 0.274 e. The minimum absolute atomic E-state index is 0.275. The van der Waals surface area contributed by atoms with Crippen molar-refractivity contribution in [3.8, 4) is 5.75 Å². The lowest BCUT2D eigenvalue weighted by Crippen LogP contribution is -2.61. The van der Waals surface area contributed by atoms with Crippen LogP contribution in [0.15, 0.2) is 24.3 Å². The minimum atomic E-state index is -1.93. The molecule has 3 atom stereocenters. The Bertz CT molecular complexity index is 835. The Morgan fingerprint density at radius 3 is 2.29 bits per heavy atom. The molecule has 5 N–H and O–H groups in total. The van der Waals surface area contributed by atoms with Gasteiger partial charge in [-0.15, -0.1) is 0 Å². The van der Waals surface area contributed by atoms with Crippen LogP contribution in [0, 0.1) is 5.41 Å². The number of rotatable bonds is 11. The van der Waals surface area contributed by atoms with Crippen LogP contribution in [0.1, 0.15) is 40.5 Å². The van der Waals surface area contributed by atoms with Crippen LogP contribution in [0.5, 0.6) is 5.75 Å². The Kier molecular flexibility index (Phi) is 10.7. The van der Waals surface area contributed by atoms with Crippen LogP contribution in [0.25, 0.3) is 0 Å². The Balaban J connectivity index is 2.21. The number of hydrogen-bond acceptors (Lipinski definition) is 8. The van der Waals surface area contributed by atoms with Crippen LogP contribution in [0.2, 0.25) is 0 Å². The van der Waals surface area contributed by atoms with Crippen molar-refractivity contribution in [2.24, 2.45) is 5.41 Å². The van der Waals surface area contributed by atoms with Gasteiger partial charge in [0.05, 0.1) is 19.8 Å². The van der Waals surface area contributed by atoms with E-state index in [-0.39, 0.29) is 5.91 Å². The third-order valence-electron chi connectivity index (χ3n) is 5.64. The molecule has 0 aliphatic carbocycles. The number of hydrogen-bond donors (Lipinski definition) is 5. The summed E-state index contributed by atoms with van der Waals surface area (Å²) in [5.41, 5.74) is 1.14. The lowest BCUT2D eigenvalue weighted by molar-refractivity contribution is -0.145. The number of aliphatic hydroxyl groups excluding tert-OH is 1. The third-order valence-corrected chi connectivity index (χ3v) is 5.64. The van der Waals surface area contributed by atoms with E-state index in [1.54, 1.807) is 29.2 Å². The molecule has 0 bridgehead atoms. The summed E-state index contributed by atoms with van der Waals surface area (Å²) in [5, 5.41) is 25.0. The maximum absolute atomic E-state index is 13.3. The highest BCUT2D eigenvalue weighted by Gasteiger charge is 2.40. The molecule has 35 heavy (non-hydrogen) atoms. The van der Waals surface area contributed by atoms with Gasteiger partial charge in [-0.3, -0.25) is 19.6 Å². The predicted molar refractivity (Wildman–Crippen MR) is 129 cm³/mol. The molecule has 11 heteroatoms. The zero-order valence-electron chi connectivity index (χ0n) is 20.9. The van der Waals surface area contributed by atoms with Gasteiger partial charge in [-0.25, -0.2) is 5.48 Å². The first-order valence-electron chi connectivity index (χ1n) is 11.9. The summed E-state index contributed by atoms with van der Waals surface area (Å²) in [6.45, 7) is 9.72. The summed E-state index contributed by atoms with van der Waals surface area (Å²) >= 11 is 0. The zero-order valence-corrected chi connectivity index (χ0v) is 20.9. The Morgan fingerprint density at radius 2 is 1.74 bits per heavy atom. The van der Waals surface area contributed by atoms with E-state index >= 15 is 0 Å². The highest BCUT2D eigenvalue weighted by atomic mass is 16.5. The van der Waals surface area contributed by atoms with Crippen LogP contribution in [-0.2, 0) is 19.1 Å². The molecule has 196 valence electrons. The number of morpholine rings is 1. The summed E-state index contributed by atoms with van der Waals surface area (Å²) in [6, 6.07) is 4.28. The van der Waals surface area contributed by atoms with E-state index in [1.165, 1.54) is 5.48 Å². The first kappa shape index (κ1) is 28.3. The molecule has 1 fully saturated rings. The Labute approximate surface area is 206 Å². The maximum Gasteiger partial charge on any atom is 0.274 e. The number of anilines is 1. The van der Waals surface area contributed by atoms with Crippen molar-refractivity contribution in [3.05, 3.63) is 24.3 Å². The fraction of sp³-hybridized carbons (Fsp3) is 0.625. The number of amides is 3. The highest BCUT2D eigenvalue weighted by Crippen LogP contribution is 2.23. The zero-order chi connectivity index (χ0) is 26.0. The highest BCUT2D eigenvalue weighted by molar-refractivity contribution is 5.96. The van der Waals surface area contributed by atoms with E-state index in [2.05, 4.69) is 17.6 Å². The fourth-order valence-electron chi connectivity index (χ4n) is 3.51. The quantitative estimate of drug-likeness (QED) is 0.173. The first-order chi connectivity index (χ1) is 16.6. The van der Waals surface area contributed by atoms with Gasteiger partial charge in [0.25, 0.3) is 5.91 Å². The summed E-state index contributed by atoms with van der Waals surface area (Å²) in [6.07, 6.45) is -0.00666. The van der Waals surface area contributed by atoms with Crippen LogP contribution in [0.3, 0.4) is 0 Å². The lowest BCUT2D eigenvalue weighted by atomic mass is 9.85. The molecule has 1 aromatic rings. The van der Waals surface area contributed by atoms with Crippen molar-refractivity contribution in [1.82, 2.24) is 15.7 Å². The van der Waals surface area contributed by atoms with E-state index in [0.717, 1.165) is 12.8 Å². The van der Waals surface area contributed by atoms with Crippen molar-refractivity contribution >= 4 is 23.4 Å². The van der Waals surface area contributed by atoms with E-state index in [4.69, 9.17) is 14.7 Å². The standard InChI is InChI=1S/C24H38N4O7/c1-5-6-13-35-17-9-7-16(8-10-17)25-18(19(29)22(31)27-33)21(30)26-20(24(2,3)4)23(32)28-11-14-34-15-12-28/h7-10,18-20,25,29,33H,5-6,11-15H2,1-4H3,(H,26,30)(H,27,31).